The predicted octanol–water partition coefficient (Wildman–Crippen LogP) is 2.70. The Morgan fingerprint density at radius 1 is 1.40 bits per heavy atom. The molecule has 1 aromatic carbocycles. The fraction of sp³-hybridized carbons (Fsp3) is 0.182. The van der Waals surface area contributed by atoms with Crippen LogP contribution in [-0.2, 0) is 6.54 Å². The molecule has 2 rings (SSSR count). The second kappa shape index (κ2) is 4.49. The molecule has 15 heavy (non-hydrogen) atoms. The van der Waals surface area contributed by atoms with Gasteiger partial charge in [0.1, 0.15) is 10.4 Å². The maximum atomic E-state index is 5.16. The molecule has 2 aromatic rings. The van der Waals surface area contributed by atoms with Crippen molar-refractivity contribution in [2.45, 2.75) is 6.54 Å². The largest absolute Gasteiger partial charge is 0.497 e. The number of hydrogen-bond acceptors (Lipinski definition) is 2. The summed E-state index contributed by atoms with van der Waals surface area (Å²) < 4.78 is 8.02. The van der Waals surface area contributed by atoms with E-state index in [4.69, 9.17) is 4.74 Å². The van der Waals surface area contributed by atoms with Crippen molar-refractivity contribution in [1.29, 1.82) is 0 Å². The highest BCUT2D eigenvalue weighted by Crippen LogP contribution is 2.15. The first-order valence-electron chi connectivity index (χ1n) is 4.60. The lowest BCUT2D eigenvalue weighted by atomic mass is 10.2. The summed E-state index contributed by atoms with van der Waals surface area (Å²) in [4.78, 5) is 0. The molecule has 0 aliphatic rings. The Morgan fingerprint density at radius 2 is 2.27 bits per heavy atom. The average Bonchev–Trinajstić information content (AvgIpc) is 2.65. The van der Waals surface area contributed by atoms with Gasteiger partial charge in [0.15, 0.2) is 0 Å². The Kier molecular flexibility index (Phi) is 3.06. The SMILES string of the molecule is COc1cccc(Cn2nccc2Br)c1. The molecule has 0 amide bonds. The molecule has 4 heteroatoms. The smallest absolute Gasteiger partial charge is 0.119 e. The van der Waals surface area contributed by atoms with Crippen LogP contribution in [0.4, 0.5) is 0 Å². The van der Waals surface area contributed by atoms with Crippen LogP contribution in [0.3, 0.4) is 0 Å². The zero-order valence-corrected chi connectivity index (χ0v) is 9.94. The number of hydrogen-bond donors (Lipinski definition) is 0. The molecule has 0 radical (unpaired) electrons. The van der Waals surface area contributed by atoms with E-state index < -0.39 is 0 Å². The van der Waals surface area contributed by atoms with Gasteiger partial charge in [-0.25, -0.2) is 0 Å². The molecule has 0 saturated heterocycles. The summed E-state index contributed by atoms with van der Waals surface area (Å²) in [7, 11) is 1.67. The zero-order chi connectivity index (χ0) is 10.7. The molecule has 0 spiro atoms. The summed E-state index contributed by atoms with van der Waals surface area (Å²) in [6.07, 6.45) is 1.77. The number of nitrogens with zero attached hydrogens (tertiary/aromatic N) is 2. The number of rotatable bonds is 3. The zero-order valence-electron chi connectivity index (χ0n) is 8.35. The van der Waals surface area contributed by atoms with Gasteiger partial charge in [-0.15, -0.1) is 0 Å². The Balaban J connectivity index is 2.21. The molecule has 78 valence electrons. The lowest BCUT2D eigenvalue weighted by Gasteiger charge is -2.05. The van der Waals surface area contributed by atoms with Gasteiger partial charge in [0.05, 0.1) is 19.9 Å². The minimum Gasteiger partial charge on any atom is -0.497 e. The fourth-order valence-corrected chi connectivity index (χ4v) is 1.71. The first-order valence-corrected chi connectivity index (χ1v) is 5.39. The summed E-state index contributed by atoms with van der Waals surface area (Å²) in [6, 6.07) is 9.89. The van der Waals surface area contributed by atoms with Crippen molar-refractivity contribution in [2.75, 3.05) is 7.11 Å². The van der Waals surface area contributed by atoms with E-state index >= 15 is 0 Å². The van der Waals surface area contributed by atoms with Crippen molar-refractivity contribution >= 4 is 15.9 Å². The molecule has 0 saturated carbocycles. The Hall–Kier alpha value is -1.29. The van der Waals surface area contributed by atoms with Gasteiger partial charge in [0, 0.05) is 0 Å². The van der Waals surface area contributed by atoms with Crippen LogP contribution in [0.2, 0.25) is 0 Å². The highest BCUT2D eigenvalue weighted by atomic mass is 79.9. The maximum absolute atomic E-state index is 5.16. The van der Waals surface area contributed by atoms with Gasteiger partial charge in [-0.3, -0.25) is 4.68 Å². The number of halogens is 1. The summed E-state index contributed by atoms with van der Waals surface area (Å²) in [5, 5.41) is 4.20. The molecule has 3 nitrogen and oxygen atoms in total. The van der Waals surface area contributed by atoms with Crippen LogP contribution in [0, 0.1) is 0 Å². The first kappa shape index (κ1) is 10.2. The molecule has 0 aliphatic carbocycles. The Bertz CT molecular complexity index is 453. The van der Waals surface area contributed by atoms with Crippen LogP contribution in [-0.4, -0.2) is 16.9 Å². The summed E-state index contributed by atoms with van der Waals surface area (Å²) in [5.41, 5.74) is 1.17. The lowest BCUT2D eigenvalue weighted by Crippen LogP contribution is -2.01. The third-order valence-electron chi connectivity index (χ3n) is 2.13. The van der Waals surface area contributed by atoms with Crippen molar-refractivity contribution in [2.24, 2.45) is 0 Å². The molecule has 0 unspecified atom stereocenters. The average molecular weight is 267 g/mol. The molecule has 0 N–H and O–H groups in total. The van der Waals surface area contributed by atoms with E-state index in [1.54, 1.807) is 13.3 Å². The standard InChI is InChI=1S/C11H11BrN2O/c1-15-10-4-2-3-9(7-10)8-14-11(12)5-6-13-14/h2-7H,8H2,1H3. The third kappa shape index (κ3) is 2.39. The van der Waals surface area contributed by atoms with E-state index in [2.05, 4.69) is 27.1 Å². The lowest BCUT2D eigenvalue weighted by molar-refractivity contribution is 0.414. The van der Waals surface area contributed by atoms with Gasteiger partial charge >= 0.3 is 0 Å². The Morgan fingerprint density at radius 3 is 2.93 bits per heavy atom. The van der Waals surface area contributed by atoms with E-state index in [9.17, 15) is 0 Å². The quantitative estimate of drug-likeness (QED) is 0.854. The van der Waals surface area contributed by atoms with Gasteiger partial charge in [-0.2, -0.15) is 5.10 Å². The van der Waals surface area contributed by atoms with Crippen molar-refractivity contribution in [3.05, 3.63) is 46.7 Å². The van der Waals surface area contributed by atoms with Gasteiger partial charge < -0.3 is 4.74 Å². The predicted molar refractivity (Wildman–Crippen MR) is 62.0 cm³/mol. The van der Waals surface area contributed by atoms with Gasteiger partial charge in [-0.1, -0.05) is 12.1 Å². The van der Waals surface area contributed by atoms with Crippen molar-refractivity contribution in [1.82, 2.24) is 9.78 Å². The summed E-state index contributed by atoms with van der Waals surface area (Å²) >= 11 is 3.43. The molecular weight excluding hydrogens is 256 g/mol. The summed E-state index contributed by atoms with van der Waals surface area (Å²) in [6.45, 7) is 0.741. The van der Waals surface area contributed by atoms with Crippen LogP contribution < -0.4 is 4.74 Å². The van der Waals surface area contributed by atoms with E-state index in [-0.39, 0.29) is 0 Å². The number of benzene rings is 1. The van der Waals surface area contributed by atoms with Gasteiger partial charge in [0.2, 0.25) is 0 Å². The Labute approximate surface area is 96.8 Å². The van der Waals surface area contributed by atoms with Gasteiger partial charge in [0.25, 0.3) is 0 Å². The second-order valence-corrected chi connectivity index (χ2v) is 3.98. The topological polar surface area (TPSA) is 27.1 Å². The molecule has 1 heterocycles. The third-order valence-corrected chi connectivity index (χ3v) is 2.80. The number of ether oxygens (including phenoxy) is 1. The summed E-state index contributed by atoms with van der Waals surface area (Å²) in [5.74, 6) is 0.871. The van der Waals surface area contributed by atoms with E-state index in [1.165, 1.54) is 5.56 Å². The van der Waals surface area contributed by atoms with Gasteiger partial charge in [-0.05, 0) is 39.7 Å². The number of aromatic nitrogens is 2. The normalized spacial score (nSPS) is 10.3. The minimum absolute atomic E-state index is 0.741. The van der Waals surface area contributed by atoms with Crippen molar-refractivity contribution in [3.63, 3.8) is 0 Å². The highest BCUT2D eigenvalue weighted by Gasteiger charge is 2.00. The number of methoxy groups -OCH3 is 1. The first-order chi connectivity index (χ1) is 7.29. The van der Waals surface area contributed by atoms with Crippen LogP contribution in [0.25, 0.3) is 0 Å². The second-order valence-electron chi connectivity index (χ2n) is 3.16. The van der Waals surface area contributed by atoms with E-state index in [1.807, 2.05) is 28.9 Å². The minimum atomic E-state index is 0.741. The van der Waals surface area contributed by atoms with Crippen molar-refractivity contribution < 1.29 is 4.74 Å². The van der Waals surface area contributed by atoms with Crippen LogP contribution in [0.5, 0.6) is 5.75 Å². The fourth-order valence-electron chi connectivity index (χ4n) is 1.38. The molecule has 1 aromatic heterocycles. The van der Waals surface area contributed by atoms with Crippen molar-refractivity contribution in [3.8, 4) is 5.75 Å². The molecule has 0 bridgehead atoms. The van der Waals surface area contributed by atoms with Crippen LogP contribution in [0.15, 0.2) is 41.1 Å². The highest BCUT2D eigenvalue weighted by molar-refractivity contribution is 9.10. The molecule has 0 fully saturated rings. The monoisotopic (exact) mass is 266 g/mol. The maximum Gasteiger partial charge on any atom is 0.119 e. The van der Waals surface area contributed by atoms with Crippen LogP contribution >= 0.6 is 15.9 Å². The molecule has 0 atom stereocenters. The van der Waals surface area contributed by atoms with E-state index in [0.717, 1.165) is 16.9 Å². The van der Waals surface area contributed by atoms with Crippen LogP contribution in [0.1, 0.15) is 5.56 Å². The van der Waals surface area contributed by atoms with E-state index in [0.29, 0.717) is 0 Å². The molecular formula is C11H11BrN2O. The molecule has 0 aliphatic heterocycles.